The fourth-order valence-electron chi connectivity index (χ4n) is 2.61. The van der Waals surface area contributed by atoms with E-state index in [1.54, 1.807) is 7.11 Å². The number of rotatable bonds is 8. The van der Waals surface area contributed by atoms with E-state index in [1.165, 1.54) is 11.1 Å². The molecule has 3 rings (SSSR count). The highest BCUT2D eigenvalue weighted by Gasteiger charge is 2.03. The quantitative estimate of drug-likeness (QED) is 0.654. The molecule has 0 aliphatic heterocycles. The van der Waals surface area contributed by atoms with Crippen molar-refractivity contribution in [2.45, 2.75) is 19.7 Å². The summed E-state index contributed by atoms with van der Waals surface area (Å²) in [6.45, 7) is 2.14. The molecule has 0 atom stereocenters. The SMILES string of the molecule is COc1ccc(CNCc2ccccc2OCc2ccccc2)cc1.[Cl-]. The first-order valence-corrected chi connectivity index (χ1v) is 8.43. The van der Waals surface area contributed by atoms with Gasteiger partial charge < -0.3 is 27.2 Å². The Balaban J connectivity index is 0.00000243. The lowest BCUT2D eigenvalue weighted by Gasteiger charge is -2.12. The maximum atomic E-state index is 6.00. The van der Waals surface area contributed by atoms with E-state index < -0.39 is 0 Å². The van der Waals surface area contributed by atoms with E-state index in [0.717, 1.165) is 30.2 Å². The first-order valence-electron chi connectivity index (χ1n) is 8.43. The minimum atomic E-state index is 0. The number of ether oxygens (including phenoxy) is 2. The van der Waals surface area contributed by atoms with Crippen LogP contribution < -0.4 is 27.2 Å². The van der Waals surface area contributed by atoms with Gasteiger partial charge in [-0.1, -0.05) is 60.7 Å². The fraction of sp³-hybridized carbons (Fsp3) is 0.182. The van der Waals surface area contributed by atoms with Gasteiger partial charge in [0.05, 0.1) is 7.11 Å². The summed E-state index contributed by atoms with van der Waals surface area (Å²) in [5.41, 5.74) is 3.55. The highest BCUT2D eigenvalue weighted by Crippen LogP contribution is 2.19. The van der Waals surface area contributed by atoms with Gasteiger partial charge in [-0.25, -0.2) is 0 Å². The molecule has 26 heavy (non-hydrogen) atoms. The molecule has 0 aliphatic rings. The van der Waals surface area contributed by atoms with Crippen LogP contribution in [0.25, 0.3) is 0 Å². The molecule has 0 aromatic heterocycles. The molecule has 0 amide bonds. The maximum Gasteiger partial charge on any atom is 0.124 e. The minimum Gasteiger partial charge on any atom is -1.00 e. The molecule has 0 fully saturated rings. The number of para-hydroxylation sites is 1. The third-order valence-corrected chi connectivity index (χ3v) is 4.01. The smallest absolute Gasteiger partial charge is 0.124 e. The lowest BCUT2D eigenvalue weighted by molar-refractivity contribution is -0.00000569. The van der Waals surface area contributed by atoms with Crippen molar-refractivity contribution in [2.24, 2.45) is 0 Å². The van der Waals surface area contributed by atoms with E-state index in [-0.39, 0.29) is 12.4 Å². The summed E-state index contributed by atoms with van der Waals surface area (Å²) in [7, 11) is 1.68. The second kappa shape index (κ2) is 10.5. The maximum absolute atomic E-state index is 6.00. The Kier molecular flexibility index (Phi) is 8.00. The van der Waals surface area contributed by atoms with Crippen molar-refractivity contribution in [3.05, 3.63) is 95.6 Å². The summed E-state index contributed by atoms with van der Waals surface area (Å²) in [6, 6.07) is 26.5. The molecular weight excluding hydrogens is 346 g/mol. The van der Waals surface area contributed by atoms with E-state index in [4.69, 9.17) is 9.47 Å². The summed E-state index contributed by atoms with van der Waals surface area (Å²) in [5.74, 6) is 1.80. The predicted octanol–water partition coefficient (Wildman–Crippen LogP) is 1.57. The predicted molar refractivity (Wildman–Crippen MR) is 101 cm³/mol. The van der Waals surface area contributed by atoms with Gasteiger partial charge in [0.15, 0.2) is 0 Å². The van der Waals surface area contributed by atoms with Crippen molar-refractivity contribution in [3.63, 3.8) is 0 Å². The Labute approximate surface area is 161 Å². The number of hydrogen-bond acceptors (Lipinski definition) is 3. The third kappa shape index (κ3) is 5.80. The van der Waals surface area contributed by atoms with Crippen molar-refractivity contribution >= 4 is 0 Å². The molecule has 0 spiro atoms. The average molecular weight is 369 g/mol. The molecule has 0 saturated carbocycles. The van der Waals surface area contributed by atoms with E-state index in [1.807, 2.05) is 48.5 Å². The van der Waals surface area contributed by atoms with Crippen LogP contribution in [-0.4, -0.2) is 7.11 Å². The van der Waals surface area contributed by atoms with Gasteiger partial charge in [0.1, 0.15) is 18.1 Å². The molecule has 1 N–H and O–H groups in total. The van der Waals surface area contributed by atoms with E-state index in [2.05, 4.69) is 35.6 Å². The molecule has 0 heterocycles. The van der Waals surface area contributed by atoms with Gasteiger partial charge >= 0.3 is 0 Å². The Morgan fingerprint density at radius 1 is 0.731 bits per heavy atom. The Morgan fingerprint density at radius 2 is 1.42 bits per heavy atom. The van der Waals surface area contributed by atoms with Crippen LogP contribution in [0.1, 0.15) is 16.7 Å². The molecule has 0 bridgehead atoms. The molecule has 4 heteroatoms. The molecule has 0 unspecified atom stereocenters. The average Bonchev–Trinajstić information content (AvgIpc) is 2.68. The number of benzene rings is 3. The normalized spacial score (nSPS) is 10.0. The molecule has 0 saturated heterocycles. The number of hydrogen-bond donors (Lipinski definition) is 1. The van der Waals surface area contributed by atoms with E-state index in [9.17, 15) is 0 Å². The van der Waals surface area contributed by atoms with Crippen LogP contribution in [0.15, 0.2) is 78.9 Å². The Hall–Kier alpha value is -2.49. The van der Waals surface area contributed by atoms with Crippen molar-refractivity contribution < 1.29 is 21.9 Å². The standard InChI is InChI=1S/C22H23NO2.ClH/c1-24-21-13-11-18(12-14-21)15-23-16-20-9-5-6-10-22(20)25-17-19-7-3-2-4-8-19;/h2-14,23H,15-17H2,1H3;1H/p-1. The van der Waals surface area contributed by atoms with Crippen LogP contribution in [0.3, 0.4) is 0 Å². The van der Waals surface area contributed by atoms with Crippen molar-refractivity contribution in [2.75, 3.05) is 7.11 Å². The largest absolute Gasteiger partial charge is 1.00 e. The number of halogens is 1. The zero-order valence-corrected chi connectivity index (χ0v) is 15.6. The summed E-state index contributed by atoms with van der Waals surface area (Å²) in [4.78, 5) is 0. The van der Waals surface area contributed by atoms with Gasteiger partial charge in [0.25, 0.3) is 0 Å². The number of methoxy groups -OCH3 is 1. The first-order chi connectivity index (χ1) is 12.3. The molecule has 3 aromatic rings. The van der Waals surface area contributed by atoms with Crippen LogP contribution in [-0.2, 0) is 19.7 Å². The lowest BCUT2D eigenvalue weighted by Crippen LogP contribution is -3.00. The molecule has 3 nitrogen and oxygen atoms in total. The van der Waals surface area contributed by atoms with Crippen LogP contribution in [0, 0.1) is 0 Å². The van der Waals surface area contributed by atoms with Gasteiger partial charge in [-0.2, -0.15) is 0 Å². The highest BCUT2D eigenvalue weighted by atomic mass is 35.5. The molecule has 3 aromatic carbocycles. The van der Waals surface area contributed by atoms with Gasteiger partial charge in [0, 0.05) is 18.7 Å². The first kappa shape index (κ1) is 19.8. The fourth-order valence-corrected chi connectivity index (χ4v) is 2.61. The van der Waals surface area contributed by atoms with Crippen LogP contribution >= 0.6 is 0 Å². The zero-order valence-electron chi connectivity index (χ0n) is 14.8. The summed E-state index contributed by atoms with van der Waals surface area (Å²) in [5, 5.41) is 3.47. The molecule has 0 aliphatic carbocycles. The van der Waals surface area contributed by atoms with Gasteiger partial charge in [-0.15, -0.1) is 0 Å². The van der Waals surface area contributed by atoms with Crippen molar-refractivity contribution in [1.29, 1.82) is 0 Å². The Morgan fingerprint density at radius 3 is 2.15 bits per heavy atom. The van der Waals surface area contributed by atoms with Crippen LogP contribution in [0.4, 0.5) is 0 Å². The number of nitrogens with one attached hydrogen (secondary N) is 1. The van der Waals surface area contributed by atoms with Crippen molar-refractivity contribution in [3.8, 4) is 11.5 Å². The van der Waals surface area contributed by atoms with Gasteiger partial charge in [-0.05, 0) is 29.3 Å². The molecular formula is C22H23ClNO2-. The van der Waals surface area contributed by atoms with Crippen LogP contribution in [0.2, 0.25) is 0 Å². The minimum absolute atomic E-state index is 0. The van der Waals surface area contributed by atoms with Gasteiger partial charge in [-0.3, -0.25) is 0 Å². The molecule has 0 radical (unpaired) electrons. The topological polar surface area (TPSA) is 30.5 Å². The second-order valence-corrected chi connectivity index (χ2v) is 5.83. The second-order valence-electron chi connectivity index (χ2n) is 5.83. The summed E-state index contributed by atoms with van der Waals surface area (Å²) in [6.07, 6.45) is 0. The van der Waals surface area contributed by atoms with Crippen molar-refractivity contribution in [1.82, 2.24) is 5.32 Å². The van der Waals surface area contributed by atoms with Gasteiger partial charge in [0.2, 0.25) is 0 Å². The monoisotopic (exact) mass is 368 g/mol. The van der Waals surface area contributed by atoms with E-state index >= 15 is 0 Å². The highest BCUT2D eigenvalue weighted by molar-refractivity contribution is 5.34. The van der Waals surface area contributed by atoms with Crippen LogP contribution in [0.5, 0.6) is 11.5 Å². The van der Waals surface area contributed by atoms with E-state index in [0.29, 0.717) is 6.61 Å². The summed E-state index contributed by atoms with van der Waals surface area (Å²) >= 11 is 0. The third-order valence-electron chi connectivity index (χ3n) is 4.01. The summed E-state index contributed by atoms with van der Waals surface area (Å²) < 4.78 is 11.2. The lowest BCUT2D eigenvalue weighted by atomic mass is 10.1. The zero-order chi connectivity index (χ0) is 17.3. The molecule has 136 valence electrons. The Bertz CT molecular complexity index is 776.